The minimum absolute atomic E-state index is 0.625. The van der Waals surface area contributed by atoms with Gasteiger partial charge in [-0.3, -0.25) is 4.98 Å². The van der Waals surface area contributed by atoms with Crippen molar-refractivity contribution in [2.45, 2.75) is 6.92 Å². The topological polar surface area (TPSA) is 93.4 Å². The molecular weight excluding hydrogens is 392 g/mol. The molecule has 1 N–H and O–H groups in total. The number of fused-ring (bicyclic) bond motifs is 1. The fourth-order valence-corrected chi connectivity index (χ4v) is 3.38. The van der Waals surface area contributed by atoms with Gasteiger partial charge in [-0.15, -0.1) is 0 Å². The van der Waals surface area contributed by atoms with Crippen molar-refractivity contribution in [1.82, 2.24) is 24.6 Å². The molecule has 1 saturated heterocycles. The lowest BCUT2D eigenvalue weighted by molar-refractivity contribution is 0.122. The van der Waals surface area contributed by atoms with Crippen LogP contribution >= 0.6 is 0 Å². The zero-order valence-electron chi connectivity index (χ0n) is 17.1. The van der Waals surface area contributed by atoms with Gasteiger partial charge in [-0.25, -0.2) is 9.66 Å². The molecule has 0 atom stereocenters. The number of hydrogen-bond acceptors (Lipinski definition) is 8. The van der Waals surface area contributed by atoms with E-state index in [2.05, 4.69) is 38.3 Å². The Labute approximate surface area is 179 Å². The summed E-state index contributed by atoms with van der Waals surface area (Å²) in [6, 6.07) is 11.9. The molecule has 4 aromatic rings. The lowest BCUT2D eigenvalue weighted by Gasteiger charge is -2.27. The van der Waals surface area contributed by atoms with Gasteiger partial charge in [0, 0.05) is 31.2 Å². The number of nitrogens with one attached hydrogen (secondary N) is 1. The van der Waals surface area contributed by atoms with Crippen molar-refractivity contribution in [2.24, 2.45) is 5.10 Å². The number of anilines is 3. The van der Waals surface area contributed by atoms with E-state index in [0.717, 1.165) is 29.9 Å². The second-order valence-corrected chi connectivity index (χ2v) is 7.20. The minimum atomic E-state index is 0.625. The molecule has 9 nitrogen and oxygen atoms in total. The molecule has 4 heterocycles. The van der Waals surface area contributed by atoms with E-state index in [0.29, 0.717) is 36.1 Å². The Bertz CT molecular complexity index is 1210. The van der Waals surface area contributed by atoms with Gasteiger partial charge in [0.1, 0.15) is 6.33 Å². The van der Waals surface area contributed by atoms with E-state index in [1.807, 2.05) is 36.5 Å². The average molecular weight is 414 g/mol. The molecule has 0 radical (unpaired) electrons. The predicted octanol–water partition coefficient (Wildman–Crippen LogP) is 2.99. The molecule has 0 amide bonds. The molecule has 0 saturated carbocycles. The van der Waals surface area contributed by atoms with Crippen LogP contribution in [-0.2, 0) is 4.74 Å². The summed E-state index contributed by atoms with van der Waals surface area (Å²) in [6.07, 6.45) is 6.95. The van der Waals surface area contributed by atoms with Crippen LogP contribution in [0.4, 0.5) is 17.5 Å². The summed E-state index contributed by atoms with van der Waals surface area (Å²) in [5.74, 6) is 1.25. The van der Waals surface area contributed by atoms with Crippen LogP contribution < -0.4 is 10.2 Å². The summed E-state index contributed by atoms with van der Waals surface area (Å²) in [5.41, 5.74) is 4.36. The number of ether oxygens (including phenoxy) is 1. The maximum atomic E-state index is 5.48. The monoisotopic (exact) mass is 414 g/mol. The maximum Gasteiger partial charge on any atom is 0.229 e. The van der Waals surface area contributed by atoms with Gasteiger partial charge in [-0.05, 0) is 30.2 Å². The number of benzene rings is 1. The van der Waals surface area contributed by atoms with E-state index >= 15 is 0 Å². The highest BCUT2D eigenvalue weighted by molar-refractivity contribution is 5.87. The Morgan fingerprint density at radius 2 is 1.87 bits per heavy atom. The first-order chi connectivity index (χ1) is 15.3. The number of rotatable bonds is 5. The Morgan fingerprint density at radius 1 is 1.06 bits per heavy atom. The largest absolute Gasteiger partial charge is 0.378 e. The number of nitrogens with zero attached hydrogens (tertiary/aromatic N) is 7. The lowest BCUT2D eigenvalue weighted by Crippen LogP contribution is -2.37. The fourth-order valence-electron chi connectivity index (χ4n) is 3.38. The van der Waals surface area contributed by atoms with Gasteiger partial charge in [0.05, 0.1) is 19.4 Å². The molecule has 5 rings (SSSR count). The van der Waals surface area contributed by atoms with Crippen LogP contribution in [0.1, 0.15) is 11.1 Å². The van der Waals surface area contributed by atoms with Gasteiger partial charge < -0.3 is 15.0 Å². The van der Waals surface area contributed by atoms with Crippen molar-refractivity contribution < 1.29 is 4.74 Å². The van der Waals surface area contributed by atoms with Gasteiger partial charge >= 0.3 is 0 Å². The van der Waals surface area contributed by atoms with E-state index in [1.54, 1.807) is 23.4 Å². The standard InChI is InChI=1S/C22H22N8O/c1-16-4-2-3-5-17(16)14-25-30-15-24-19-20(26-18-6-8-23-9-7-18)27-22(28-21(19)30)29-10-12-31-13-11-29/h2-9,14-15H,10-13H2,1H3,(H,23,26,27,28). The molecule has 9 heteroatoms. The smallest absolute Gasteiger partial charge is 0.229 e. The Balaban J connectivity index is 1.57. The molecule has 0 spiro atoms. The molecule has 1 aromatic carbocycles. The van der Waals surface area contributed by atoms with E-state index in [-0.39, 0.29) is 0 Å². The van der Waals surface area contributed by atoms with Crippen molar-refractivity contribution in [3.63, 3.8) is 0 Å². The number of aromatic nitrogens is 5. The van der Waals surface area contributed by atoms with Gasteiger partial charge in [-0.1, -0.05) is 24.3 Å². The maximum absolute atomic E-state index is 5.48. The quantitative estimate of drug-likeness (QED) is 0.502. The highest BCUT2D eigenvalue weighted by Gasteiger charge is 2.19. The van der Waals surface area contributed by atoms with Gasteiger partial charge in [0.15, 0.2) is 17.0 Å². The highest BCUT2D eigenvalue weighted by Crippen LogP contribution is 2.26. The van der Waals surface area contributed by atoms with Crippen LogP contribution in [0.2, 0.25) is 0 Å². The molecule has 1 aliphatic rings. The second kappa shape index (κ2) is 8.49. The van der Waals surface area contributed by atoms with E-state index in [9.17, 15) is 0 Å². The zero-order valence-corrected chi connectivity index (χ0v) is 17.1. The number of aryl methyl sites for hydroxylation is 1. The van der Waals surface area contributed by atoms with Crippen LogP contribution in [0, 0.1) is 6.92 Å². The third kappa shape index (κ3) is 4.08. The molecule has 0 aliphatic carbocycles. The van der Waals surface area contributed by atoms with Crippen molar-refractivity contribution in [3.8, 4) is 0 Å². The first kappa shape index (κ1) is 19.1. The summed E-state index contributed by atoms with van der Waals surface area (Å²) >= 11 is 0. The second-order valence-electron chi connectivity index (χ2n) is 7.20. The Kier molecular flexibility index (Phi) is 5.24. The molecule has 0 unspecified atom stereocenters. The predicted molar refractivity (Wildman–Crippen MR) is 120 cm³/mol. The first-order valence-corrected chi connectivity index (χ1v) is 10.1. The van der Waals surface area contributed by atoms with Crippen LogP contribution in [0.5, 0.6) is 0 Å². The summed E-state index contributed by atoms with van der Waals surface area (Å²) in [4.78, 5) is 20.3. The number of imidazole rings is 1. The van der Waals surface area contributed by atoms with E-state index in [4.69, 9.17) is 14.7 Å². The molecule has 1 fully saturated rings. The van der Waals surface area contributed by atoms with Crippen molar-refractivity contribution in [2.75, 3.05) is 36.5 Å². The van der Waals surface area contributed by atoms with Gasteiger partial charge in [0.2, 0.25) is 5.95 Å². The minimum Gasteiger partial charge on any atom is -0.378 e. The first-order valence-electron chi connectivity index (χ1n) is 10.1. The van der Waals surface area contributed by atoms with Crippen LogP contribution in [0.15, 0.2) is 60.2 Å². The third-order valence-corrected chi connectivity index (χ3v) is 5.11. The molecule has 31 heavy (non-hydrogen) atoms. The van der Waals surface area contributed by atoms with Gasteiger partial charge in [-0.2, -0.15) is 15.1 Å². The van der Waals surface area contributed by atoms with Crippen LogP contribution in [-0.4, -0.2) is 57.1 Å². The van der Waals surface area contributed by atoms with E-state index < -0.39 is 0 Å². The lowest BCUT2D eigenvalue weighted by atomic mass is 10.1. The fraction of sp³-hybridized carbons (Fsp3) is 0.227. The summed E-state index contributed by atoms with van der Waals surface area (Å²) in [7, 11) is 0. The van der Waals surface area contributed by atoms with Crippen molar-refractivity contribution in [1.29, 1.82) is 0 Å². The summed E-state index contributed by atoms with van der Waals surface area (Å²) < 4.78 is 7.17. The van der Waals surface area contributed by atoms with Crippen LogP contribution in [0.3, 0.4) is 0 Å². The molecule has 0 bridgehead atoms. The average Bonchev–Trinajstić information content (AvgIpc) is 3.23. The number of pyridine rings is 1. The summed E-state index contributed by atoms with van der Waals surface area (Å²) in [6.45, 7) is 4.84. The highest BCUT2D eigenvalue weighted by atomic mass is 16.5. The van der Waals surface area contributed by atoms with E-state index in [1.165, 1.54) is 0 Å². The normalized spacial score (nSPS) is 14.4. The SMILES string of the molecule is Cc1ccccc1C=Nn1cnc2c(Nc3ccncc3)nc(N3CCOCC3)nc21. The van der Waals surface area contributed by atoms with Crippen LogP contribution in [0.25, 0.3) is 11.2 Å². The molecule has 1 aliphatic heterocycles. The number of hydrogen-bond donors (Lipinski definition) is 1. The molecule has 3 aromatic heterocycles. The Morgan fingerprint density at radius 3 is 2.68 bits per heavy atom. The zero-order chi connectivity index (χ0) is 21.0. The number of morpholine rings is 1. The third-order valence-electron chi connectivity index (χ3n) is 5.11. The Hall–Kier alpha value is -3.85. The van der Waals surface area contributed by atoms with Crippen molar-refractivity contribution >= 4 is 34.8 Å². The van der Waals surface area contributed by atoms with Crippen molar-refractivity contribution in [3.05, 3.63) is 66.2 Å². The molecular formula is C22H22N8O. The molecule has 156 valence electrons. The summed E-state index contributed by atoms with van der Waals surface area (Å²) in [5, 5.41) is 7.96. The van der Waals surface area contributed by atoms with Gasteiger partial charge in [0.25, 0.3) is 0 Å².